The molecule has 2 N–H and O–H groups in total. The summed E-state index contributed by atoms with van der Waals surface area (Å²) < 4.78 is 5.88. The maximum atomic E-state index is 10.2. The molecule has 112 valence electrons. The third kappa shape index (κ3) is 4.92. The van der Waals surface area contributed by atoms with Gasteiger partial charge >= 0.3 is 0 Å². The van der Waals surface area contributed by atoms with E-state index in [1.807, 2.05) is 6.92 Å². The van der Waals surface area contributed by atoms with E-state index in [-0.39, 0.29) is 19.0 Å². The molecule has 6 heteroatoms. The molecule has 0 atom stereocenters. The van der Waals surface area contributed by atoms with E-state index >= 15 is 0 Å². The third-order valence-electron chi connectivity index (χ3n) is 2.69. The number of hydrogen-bond donors (Lipinski definition) is 2. The van der Waals surface area contributed by atoms with Gasteiger partial charge in [0.1, 0.15) is 12.4 Å². The van der Waals surface area contributed by atoms with Crippen molar-refractivity contribution in [3.8, 4) is 5.75 Å². The van der Waals surface area contributed by atoms with Gasteiger partial charge in [-0.05, 0) is 30.3 Å². The number of aromatic hydroxyl groups is 1. The SMILES string of the molecule is CCSC(=S)OCc1cnc(CC(C)C)c(O)c1CO. The predicted molar refractivity (Wildman–Crippen MR) is 85.9 cm³/mol. The first kappa shape index (κ1) is 17.2. The fraction of sp³-hybridized carbons (Fsp3) is 0.571. The summed E-state index contributed by atoms with van der Waals surface area (Å²) in [5.74, 6) is 1.30. The molecule has 0 aliphatic carbocycles. The lowest BCUT2D eigenvalue weighted by atomic mass is 10.0. The van der Waals surface area contributed by atoms with Crippen molar-refractivity contribution < 1.29 is 14.9 Å². The van der Waals surface area contributed by atoms with Crippen LogP contribution in [0.15, 0.2) is 6.20 Å². The Bertz CT molecular complexity index is 464. The summed E-state index contributed by atoms with van der Waals surface area (Å²) in [6.07, 6.45) is 2.31. The Morgan fingerprint density at radius 3 is 2.75 bits per heavy atom. The fourth-order valence-corrected chi connectivity index (χ4v) is 2.54. The van der Waals surface area contributed by atoms with Crippen molar-refractivity contribution >= 4 is 28.4 Å². The summed E-state index contributed by atoms with van der Waals surface area (Å²) in [6.45, 7) is 6.07. The molecule has 0 amide bonds. The van der Waals surface area contributed by atoms with Gasteiger partial charge in [0.25, 0.3) is 0 Å². The van der Waals surface area contributed by atoms with Gasteiger partial charge in [-0.3, -0.25) is 4.98 Å². The van der Waals surface area contributed by atoms with Crippen molar-refractivity contribution in [2.75, 3.05) is 5.75 Å². The number of hydrogen-bond acceptors (Lipinski definition) is 6. The largest absolute Gasteiger partial charge is 0.506 e. The van der Waals surface area contributed by atoms with E-state index < -0.39 is 0 Å². The van der Waals surface area contributed by atoms with Gasteiger partial charge in [-0.15, -0.1) is 0 Å². The first-order valence-electron chi connectivity index (χ1n) is 6.58. The highest BCUT2D eigenvalue weighted by Gasteiger charge is 2.15. The highest BCUT2D eigenvalue weighted by atomic mass is 32.2. The number of aliphatic hydroxyl groups excluding tert-OH is 1. The average Bonchev–Trinajstić information content (AvgIpc) is 2.39. The Kier molecular flexibility index (Phi) is 7.26. The molecular weight excluding hydrogens is 294 g/mol. The fourth-order valence-electron chi connectivity index (χ4n) is 1.75. The first-order valence-corrected chi connectivity index (χ1v) is 7.97. The molecule has 0 saturated heterocycles. The van der Waals surface area contributed by atoms with Crippen molar-refractivity contribution in [3.05, 3.63) is 23.0 Å². The van der Waals surface area contributed by atoms with Crippen molar-refractivity contribution in [1.82, 2.24) is 4.98 Å². The molecule has 1 heterocycles. The van der Waals surface area contributed by atoms with Crippen LogP contribution in [0.4, 0.5) is 0 Å². The number of ether oxygens (including phenoxy) is 1. The topological polar surface area (TPSA) is 62.6 Å². The number of nitrogens with zero attached hydrogens (tertiary/aromatic N) is 1. The van der Waals surface area contributed by atoms with Crippen LogP contribution in [0.2, 0.25) is 0 Å². The first-order chi connectivity index (χ1) is 9.49. The van der Waals surface area contributed by atoms with Crippen LogP contribution >= 0.6 is 24.0 Å². The second-order valence-electron chi connectivity index (χ2n) is 4.79. The normalized spacial score (nSPS) is 10.8. The quantitative estimate of drug-likeness (QED) is 0.787. The van der Waals surface area contributed by atoms with Gasteiger partial charge in [0.15, 0.2) is 0 Å². The Balaban J connectivity index is 2.87. The number of thioether (sulfide) groups is 1. The molecule has 20 heavy (non-hydrogen) atoms. The van der Waals surface area contributed by atoms with Crippen LogP contribution in [0.1, 0.15) is 37.6 Å². The van der Waals surface area contributed by atoms with Crippen molar-refractivity contribution in [1.29, 1.82) is 0 Å². The molecule has 0 spiro atoms. The molecule has 0 saturated carbocycles. The lowest BCUT2D eigenvalue weighted by Gasteiger charge is -2.14. The van der Waals surface area contributed by atoms with Crippen molar-refractivity contribution in [2.45, 2.75) is 40.4 Å². The average molecular weight is 315 g/mol. The monoisotopic (exact) mass is 315 g/mol. The zero-order valence-electron chi connectivity index (χ0n) is 12.0. The van der Waals surface area contributed by atoms with Crippen LogP contribution in [-0.2, 0) is 24.4 Å². The lowest BCUT2D eigenvalue weighted by Crippen LogP contribution is -2.06. The molecule has 1 rings (SSSR count). The number of aromatic nitrogens is 1. The second kappa shape index (κ2) is 8.44. The second-order valence-corrected chi connectivity index (χ2v) is 6.65. The number of pyridine rings is 1. The molecule has 0 aliphatic rings. The molecule has 0 bridgehead atoms. The molecule has 4 nitrogen and oxygen atoms in total. The molecule has 0 aromatic carbocycles. The zero-order chi connectivity index (χ0) is 15.1. The van der Waals surface area contributed by atoms with E-state index in [4.69, 9.17) is 17.0 Å². The van der Waals surface area contributed by atoms with Gasteiger partial charge in [-0.2, -0.15) is 0 Å². The summed E-state index contributed by atoms with van der Waals surface area (Å²) in [5.41, 5.74) is 1.75. The summed E-state index contributed by atoms with van der Waals surface area (Å²) in [7, 11) is 0. The molecule has 1 aromatic heterocycles. The summed E-state index contributed by atoms with van der Waals surface area (Å²) in [6, 6.07) is 0. The van der Waals surface area contributed by atoms with Gasteiger partial charge in [-0.1, -0.05) is 32.5 Å². The Morgan fingerprint density at radius 1 is 1.50 bits per heavy atom. The minimum absolute atomic E-state index is 0.0661. The van der Waals surface area contributed by atoms with Crippen LogP contribution in [0, 0.1) is 5.92 Å². The zero-order valence-corrected chi connectivity index (χ0v) is 13.7. The van der Waals surface area contributed by atoms with Crippen LogP contribution in [0.25, 0.3) is 0 Å². The van der Waals surface area contributed by atoms with E-state index in [1.54, 1.807) is 6.20 Å². The highest BCUT2D eigenvalue weighted by molar-refractivity contribution is 8.22. The van der Waals surface area contributed by atoms with E-state index in [9.17, 15) is 10.2 Å². The van der Waals surface area contributed by atoms with Crippen LogP contribution in [0.3, 0.4) is 0 Å². The highest BCUT2D eigenvalue weighted by Crippen LogP contribution is 2.27. The molecule has 1 aromatic rings. The molecule has 0 aliphatic heterocycles. The van der Waals surface area contributed by atoms with Gasteiger partial charge < -0.3 is 14.9 Å². The third-order valence-corrected chi connectivity index (χ3v) is 3.80. The standard InChI is InChI=1S/C14H21NO3S2/c1-4-20-14(19)18-8-10-6-15-12(5-9(2)3)13(17)11(10)7-16/h6,9,16-17H,4-5,7-8H2,1-3H3. The summed E-state index contributed by atoms with van der Waals surface area (Å²) in [4.78, 5) is 4.26. The van der Waals surface area contributed by atoms with E-state index in [0.717, 1.165) is 5.75 Å². The van der Waals surface area contributed by atoms with Gasteiger partial charge in [-0.25, -0.2) is 0 Å². The van der Waals surface area contributed by atoms with Crippen LogP contribution in [0.5, 0.6) is 5.75 Å². The maximum absolute atomic E-state index is 10.2. The number of aliphatic hydroxyl groups is 1. The van der Waals surface area contributed by atoms with Crippen LogP contribution < -0.4 is 0 Å². The Morgan fingerprint density at radius 2 is 2.20 bits per heavy atom. The minimum atomic E-state index is -0.244. The van der Waals surface area contributed by atoms with Gasteiger partial charge in [0.2, 0.25) is 4.38 Å². The van der Waals surface area contributed by atoms with Crippen molar-refractivity contribution in [2.24, 2.45) is 5.92 Å². The van der Waals surface area contributed by atoms with E-state index in [2.05, 4.69) is 18.8 Å². The molecular formula is C14H21NO3S2. The molecule has 0 unspecified atom stereocenters. The Labute approximate surface area is 129 Å². The minimum Gasteiger partial charge on any atom is -0.506 e. The molecule has 0 radical (unpaired) electrons. The molecule has 0 fully saturated rings. The van der Waals surface area contributed by atoms with E-state index in [1.165, 1.54) is 11.8 Å². The maximum Gasteiger partial charge on any atom is 0.220 e. The summed E-state index contributed by atoms with van der Waals surface area (Å²) in [5, 5.41) is 19.6. The van der Waals surface area contributed by atoms with E-state index in [0.29, 0.717) is 33.5 Å². The Hall–Kier alpha value is -0.850. The van der Waals surface area contributed by atoms with Crippen LogP contribution in [-0.4, -0.2) is 25.3 Å². The smallest absolute Gasteiger partial charge is 0.220 e. The van der Waals surface area contributed by atoms with Gasteiger partial charge in [0.05, 0.1) is 12.3 Å². The summed E-state index contributed by atoms with van der Waals surface area (Å²) >= 11 is 6.49. The number of thiocarbonyl (C=S) groups is 1. The lowest BCUT2D eigenvalue weighted by molar-refractivity contribution is 0.262. The predicted octanol–water partition coefficient (Wildman–Crippen LogP) is 3.03. The number of rotatable bonds is 6. The van der Waals surface area contributed by atoms with Gasteiger partial charge in [0, 0.05) is 17.3 Å². The van der Waals surface area contributed by atoms with Crippen molar-refractivity contribution in [3.63, 3.8) is 0 Å².